The zero-order valence-corrected chi connectivity index (χ0v) is 20.9. The van der Waals surface area contributed by atoms with E-state index >= 15 is 0 Å². The maximum absolute atomic E-state index is 11.1. The smallest absolute Gasteiger partial charge is 0.126 e. The lowest BCUT2D eigenvalue weighted by atomic mass is 9.48. The van der Waals surface area contributed by atoms with Crippen LogP contribution < -0.4 is 5.32 Å². The van der Waals surface area contributed by atoms with E-state index in [0.717, 1.165) is 61.1 Å². The first kappa shape index (κ1) is 23.2. The normalized spacial score (nSPS) is 43.0. The Morgan fingerprint density at radius 1 is 1.12 bits per heavy atom. The summed E-state index contributed by atoms with van der Waals surface area (Å²) in [5.41, 5.74) is 0.668. The largest absolute Gasteiger partial charge is 0.390 e. The number of nitrogens with zero attached hydrogens (tertiary/aromatic N) is 2. The summed E-state index contributed by atoms with van der Waals surface area (Å²) in [4.78, 5) is 4.47. The molecule has 4 aliphatic rings. The summed E-state index contributed by atoms with van der Waals surface area (Å²) in [5, 5.41) is 23.8. The topological polar surface area (TPSA) is 68.9 Å². The lowest BCUT2D eigenvalue weighted by Gasteiger charge is -2.57. The van der Waals surface area contributed by atoms with E-state index in [-0.39, 0.29) is 5.60 Å². The average Bonchev–Trinajstić information content (AvgIpc) is 3.16. The Morgan fingerprint density at radius 2 is 1.94 bits per heavy atom. The molecule has 0 saturated heterocycles. The SMILES string of the molecule is CCC[C@@]1(O)CC[C@H]2[C@H](CC[C@@H]3[C@@H]2CC[C@]2(C)[C@@H](C(C)Nc4ccc(C#N)cn4)CC[C@@H]32)C1. The summed E-state index contributed by atoms with van der Waals surface area (Å²) < 4.78 is 0. The Kier molecular flexibility index (Phi) is 6.23. The Bertz CT molecular complexity index is 878. The highest BCUT2D eigenvalue weighted by Crippen LogP contribution is 2.65. The van der Waals surface area contributed by atoms with Crippen molar-refractivity contribution in [3.8, 4) is 6.07 Å². The van der Waals surface area contributed by atoms with E-state index in [1.54, 1.807) is 6.20 Å². The fourth-order valence-electron chi connectivity index (χ4n) is 9.40. The Morgan fingerprint density at radius 3 is 2.67 bits per heavy atom. The van der Waals surface area contributed by atoms with Crippen molar-refractivity contribution in [1.29, 1.82) is 5.26 Å². The van der Waals surface area contributed by atoms with Gasteiger partial charge in [-0.25, -0.2) is 4.98 Å². The van der Waals surface area contributed by atoms with Crippen LogP contribution in [0.4, 0.5) is 5.82 Å². The first-order valence-electron chi connectivity index (χ1n) is 13.7. The van der Waals surface area contributed by atoms with Gasteiger partial charge in [0, 0.05) is 12.2 Å². The molecule has 4 nitrogen and oxygen atoms in total. The van der Waals surface area contributed by atoms with Crippen molar-refractivity contribution < 1.29 is 5.11 Å². The predicted octanol–water partition coefficient (Wildman–Crippen LogP) is 6.55. The number of fused-ring (bicyclic) bond motifs is 5. The molecule has 0 aromatic carbocycles. The van der Waals surface area contributed by atoms with Gasteiger partial charge in [-0.15, -0.1) is 0 Å². The molecule has 4 saturated carbocycles. The number of rotatable bonds is 5. The Labute approximate surface area is 200 Å². The number of aromatic nitrogens is 1. The maximum atomic E-state index is 11.1. The number of nitriles is 1. The molecule has 2 N–H and O–H groups in total. The summed E-state index contributed by atoms with van der Waals surface area (Å²) in [6, 6.07) is 6.36. The minimum absolute atomic E-state index is 0.370. The first-order chi connectivity index (χ1) is 15.9. The fourth-order valence-corrected chi connectivity index (χ4v) is 9.40. The molecule has 0 radical (unpaired) electrons. The maximum Gasteiger partial charge on any atom is 0.126 e. The van der Waals surface area contributed by atoms with Crippen molar-refractivity contribution in [1.82, 2.24) is 4.98 Å². The number of anilines is 1. The molecule has 0 aliphatic heterocycles. The van der Waals surface area contributed by atoms with Gasteiger partial charge in [-0.05, 0) is 124 Å². The third-order valence-corrected chi connectivity index (χ3v) is 10.8. The average molecular weight is 450 g/mol. The minimum Gasteiger partial charge on any atom is -0.390 e. The van der Waals surface area contributed by atoms with Gasteiger partial charge in [-0.1, -0.05) is 20.3 Å². The van der Waals surface area contributed by atoms with Gasteiger partial charge >= 0.3 is 0 Å². The van der Waals surface area contributed by atoms with Gasteiger partial charge in [0.05, 0.1) is 11.2 Å². The van der Waals surface area contributed by atoms with Crippen LogP contribution in [0.2, 0.25) is 0 Å². The van der Waals surface area contributed by atoms with E-state index in [1.807, 2.05) is 12.1 Å². The monoisotopic (exact) mass is 449 g/mol. The third-order valence-electron chi connectivity index (χ3n) is 10.8. The van der Waals surface area contributed by atoms with Crippen LogP contribution in [-0.4, -0.2) is 21.7 Å². The molecule has 4 fully saturated rings. The second-order valence-electron chi connectivity index (χ2n) is 12.4. The second-order valence-corrected chi connectivity index (χ2v) is 12.4. The lowest BCUT2D eigenvalue weighted by molar-refractivity contribution is -0.108. The van der Waals surface area contributed by atoms with Crippen molar-refractivity contribution >= 4 is 5.82 Å². The minimum atomic E-state index is -0.370. The molecular formula is C29H43N3O. The van der Waals surface area contributed by atoms with E-state index in [1.165, 1.54) is 44.9 Å². The van der Waals surface area contributed by atoms with Gasteiger partial charge in [0.2, 0.25) is 0 Å². The second kappa shape index (κ2) is 8.88. The van der Waals surface area contributed by atoms with E-state index < -0.39 is 0 Å². The zero-order chi connectivity index (χ0) is 23.2. The van der Waals surface area contributed by atoms with Crippen molar-refractivity contribution in [3.63, 3.8) is 0 Å². The summed E-state index contributed by atoms with van der Waals surface area (Å²) in [7, 11) is 0. The molecule has 1 aromatic heterocycles. The quantitative estimate of drug-likeness (QED) is 0.534. The summed E-state index contributed by atoms with van der Waals surface area (Å²) in [6.07, 6.45) is 15.3. The fraction of sp³-hybridized carbons (Fsp3) is 0.793. The van der Waals surface area contributed by atoms with E-state index in [9.17, 15) is 5.11 Å². The van der Waals surface area contributed by atoms with Crippen molar-refractivity contribution in [2.75, 3.05) is 5.32 Å². The molecule has 5 rings (SSSR count). The molecule has 0 bridgehead atoms. The summed E-state index contributed by atoms with van der Waals surface area (Å²) in [5.74, 6) is 5.85. The molecule has 0 amide bonds. The zero-order valence-electron chi connectivity index (χ0n) is 20.9. The highest BCUT2D eigenvalue weighted by atomic mass is 16.3. The molecule has 1 heterocycles. The molecular weight excluding hydrogens is 406 g/mol. The van der Waals surface area contributed by atoms with Gasteiger partial charge < -0.3 is 10.4 Å². The molecule has 0 spiro atoms. The van der Waals surface area contributed by atoms with E-state index in [2.05, 4.69) is 37.1 Å². The van der Waals surface area contributed by atoms with Crippen molar-refractivity contribution in [2.24, 2.45) is 40.9 Å². The van der Waals surface area contributed by atoms with Crippen LogP contribution in [0.25, 0.3) is 0 Å². The van der Waals surface area contributed by atoms with Crippen LogP contribution in [0.5, 0.6) is 0 Å². The number of aliphatic hydroxyl groups is 1. The number of nitrogens with one attached hydrogen (secondary N) is 1. The number of pyridine rings is 1. The lowest BCUT2D eigenvalue weighted by Crippen LogP contribution is -2.52. The van der Waals surface area contributed by atoms with Crippen LogP contribution in [0.1, 0.15) is 97.0 Å². The predicted molar refractivity (Wildman–Crippen MR) is 132 cm³/mol. The van der Waals surface area contributed by atoms with Gasteiger partial charge in [-0.3, -0.25) is 0 Å². The van der Waals surface area contributed by atoms with Gasteiger partial charge in [0.25, 0.3) is 0 Å². The van der Waals surface area contributed by atoms with Gasteiger partial charge in [0.15, 0.2) is 0 Å². The van der Waals surface area contributed by atoms with Crippen LogP contribution in [-0.2, 0) is 0 Å². The van der Waals surface area contributed by atoms with Crippen LogP contribution in [0, 0.1) is 52.3 Å². The molecule has 9 atom stereocenters. The highest BCUT2D eigenvalue weighted by Gasteiger charge is 2.58. The summed E-state index contributed by atoms with van der Waals surface area (Å²) >= 11 is 0. The molecule has 4 heteroatoms. The molecule has 33 heavy (non-hydrogen) atoms. The van der Waals surface area contributed by atoms with E-state index in [0.29, 0.717) is 22.9 Å². The van der Waals surface area contributed by atoms with Crippen LogP contribution in [0.3, 0.4) is 0 Å². The number of hydrogen-bond donors (Lipinski definition) is 2. The van der Waals surface area contributed by atoms with E-state index in [4.69, 9.17) is 5.26 Å². The number of hydrogen-bond acceptors (Lipinski definition) is 4. The van der Waals surface area contributed by atoms with Crippen LogP contribution >= 0.6 is 0 Å². The molecule has 1 aromatic rings. The Balaban J connectivity index is 1.27. The van der Waals surface area contributed by atoms with Gasteiger partial charge in [0.1, 0.15) is 11.9 Å². The van der Waals surface area contributed by atoms with Crippen molar-refractivity contribution in [2.45, 2.75) is 103 Å². The highest BCUT2D eigenvalue weighted by molar-refractivity contribution is 5.40. The van der Waals surface area contributed by atoms with Gasteiger partial charge in [-0.2, -0.15) is 5.26 Å². The molecule has 4 aliphatic carbocycles. The molecule has 1 unspecified atom stereocenters. The Hall–Kier alpha value is -1.60. The third kappa shape index (κ3) is 4.09. The summed E-state index contributed by atoms with van der Waals surface area (Å²) in [6.45, 7) is 7.16. The first-order valence-corrected chi connectivity index (χ1v) is 13.7. The van der Waals surface area contributed by atoms with Crippen LogP contribution in [0.15, 0.2) is 18.3 Å². The molecule has 180 valence electrons. The van der Waals surface area contributed by atoms with Crippen molar-refractivity contribution in [3.05, 3.63) is 23.9 Å². The standard InChI is InChI=1S/C29H43N3O/c1-4-13-29(33)15-12-22-21(16-29)6-7-24-23(22)11-14-28(3)25(8-9-26(24)28)19(2)32-27-10-5-20(17-30)18-31-27/h5,10,18-19,21-26,33H,4,6-9,11-16H2,1-3H3,(H,31,32)/t19?,21-,22+,23-,24-,25-,26+,28-,29-/m1/s1.